The van der Waals surface area contributed by atoms with Crippen LogP contribution in [0.1, 0.15) is 41.1 Å². The average molecular weight is 421 g/mol. The molecular weight excluding hydrogens is 398 g/mol. The number of hydrogen-bond acceptors (Lipinski definition) is 7. The molecule has 0 aliphatic carbocycles. The molecule has 3 rings (SSSR count). The minimum absolute atomic E-state index is 0.0962. The van der Waals surface area contributed by atoms with Gasteiger partial charge in [0.2, 0.25) is 15.8 Å². The van der Waals surface area contributed by atoms with Crippen LogP contribution in [0.2, 0.25) is 0 Å². The number of hydrogen-bond donors (Lipinski definition) is 1. The summed E-state index contributed by atoms with van der Waals surface area (Å²) >= 11 is 0. The molecule has 1 N–H and O–H groups in total. The van der Waals surface area contributed by atoms with Crippen LogP contribution in [0, 0.1) is 13.8 Å². The molecule has 1 fully saturated rings. The molecule has 0 atom stereocenters. The number of piperidine rings is 1. The summed E-state index contributed by atoms with van der Waals surface area (Å²) in [5, 5.41) is 6.17. The minimum Gasteiger partial charge on any atom is -0.450 e. The van der Waals surface area contributed by atoms with Crippen LogP contribution in [0.3, 0.4) is 0 Å². The van der Waals surface area contributed by atoms with Gasteiger partial charge in [0.1, 0.15) is 0 Å². The third kappa shape index (κ3) is 5.01. The molecule has 0 saturated carbocycles. The van der Waals surface area contributed by atoms with Gasteiger partial charge in [0, 0.05) is 24.8 Å². The minimum atomic E-state index is -3.62. The number of rotatable bonds is 6. The van der Waals surface area contributed by atoms with E-state index in [1.165, 1.54) is 22.5 Å². The van der Waals surface area contributed by atoms with Crippen LogP contribution in [0.15, 0.2) is 33.7 Å². The molecule has 10 heteroatoms. The quantitative estimate of drug-likeness (QED) is 0.711. The summed E-state index contributed by atoms with van der Waals surface area (Å²) in [7, 11) is -3.62. The van der Waals surface area contributed by atoms with Crippen molar-refractivity contribution in [3.05, 3.63) is 41.3 Å². The largest absolute Gasteiger partial charge is 0.450 e. The number of aryl methyl sites for hydroxylation is 2. The van der Waals surface area contributed by atoms with Crippen LogP contribution >= 0.6 is 0 Å². The Bertz CT molecular complexity index is 1010. The number of nitrogens with zero attached hydrogens (tertiary/aromatic N) is 2. The van der Waals surface area contributed by atoms with E-state index in [1.54, 1.807) is 19.9 Å². The van der Waals surface area contributed by atoms with Gasteiger partial charge in [-0.05, 0) is 44.4 Å². The van der Waals surface area contributed by atoms with Crippen LogP contribution in [0.25, 0.3) is 0 Å². The molecule has 2 aromatic rings. The van der Waals surface area contributed by atoms with Crippen molar-refractivity contribution in [1.82, 2.24) is 9.46 Å². The van der Waals surface area contributed by atoms with Crippen molar-refractivity contribution in [2.24, 2.45) is 0 Å². The summed E-state index contributed by atoms with van der Waals surface area (Å²) in [6.07, 6.45) is 2.70. The maximum atomic E-state index is 12.8. The molecule has 0 bridgehead atoms. The monoisotopic (exact) mass is 421 g/mol. The van der Waals surface area contributed by atoms with Crippen molar-refractivity contribution in [2.45, 2.75) is 38.0 Å². The molecule has 2 heterocycles. The second-order valence-corrected chi connectivity index (χ2v) is 8.84. The van der Waals surface area contributed by atoms with Gasteiger partial charge in [-0.1, -0.05) is 17.6 Å². The number of aromatic nitrogens is 1. The number of nitrogens with one attached hydrogen (secondary N) is 1. The lowest BCUT2D eigenvalue weighted by atomic mass is 10.2. The van der Waals surface area contributed by atoms with Crippen molar-refractivity contribution in [2.75, 3.05) is 25.0 Å². The van der Waals surface area contributed by atoms with Crippen LogP contribution in [0.5, 0.6) is 0 Å². The Morgan fingerprint density at radius 1 is 1.17 bits per heavy atom. The van der Waals surface area contributed by atoms with Gasteiger partial charge >= 0.3 is 5.97 Å². The predicted molar refractivity (Wildman–Crippen MR) is 104 cm³/mol. The molecule has 0 unspecified atom stereocenters. The van der Waals surface area contributed by atoms with Gasteiger partial charge in [0.05, 0.1) is 10.6 Å². The van der Waals surface area contributed by atoms with Crippen LogP contribution in [-0.2, 0) is 19.6 Å². The number of anilines is 1. The van der Waals surface area contributed by atoms with Crippen LogP contribution in [-0.4, -0.2) is 49.5 Å². The lowest BCUT2D eigenvalue weighted by Gasteiger charge is -2.26. The fourth-order valence-corrected chi connectivity index (χ4v) is 4.54. The average Bonchev–Trinajstić information content (AvgIpc) is 3.15. The fraction of sp³-hybridized carbons (Fsp3) is 0.421. The molecule has 0 spiro atoms. The lowest BCUT2D eigenvalue weighted by molar-refractivity contribution is -0.119. The van der Waals surface area contributed by atoms with Gasteiger partial charge in [0.15, 0.2) is 6.61 Å². The van der Waals surface area contributed by atoms with E-state index >= 15 is 0 Å². The predicted octanol–water partition coefficient (Wildman–Crippen LogP) is 2.26. The number of ether oxygens (including phenoxy) is 1. The summed E-state index contributed by atoms with van der Waals surface area (Å²) in [5.74, 6) is -1.50. The zero-order valence-corrected chi connectivity index (χ0v) is 17.1. The van der Waals surface area contributed by atoms with E-state index in [1.807, 2.05) is 0 Å². The SMILES string of the molecule is Cc1cc(C(=O)OCC(=O)Nc2cc(S(=O)(=O)N3CCCCC3)ccc2C)on1. The third-order valence-corrected chi connectivity index (χ3v) is 6.49. The first-order valence-corrected chi connectivity index (χ1v) is 10.7. The highest BCUT2D eigenvalue weighted by Crippen LogP contribution is 2.25. The molecule has 1 saturated heterocycles. The molecule has 1 amide bonds. The number of sulfonamides is 1. The maximum Gasteiger partial charge on any atom is 0.377 e. The fourth-order valence-electron chi connectivity index (χ4n) is 3.00. The van der Waals surface area contributed by atoms with E-state index in [4.69, 9.17) is 9.26 Å². The van der Waals surface area contributed by atoms with E-state index < -0.39 is 28.5 Å². The first-order chi connectivity index (χ1) is 13.8. The van der Waals surface area contributed by atoms with Crippen LogP contribution < -0.4 is 5.32 Å². The molecule has 1 aliphatic rings. The molecular formula is C19H23N3O6S. The Labute approximate surface area is 169 Å². The maximum absolute atomic E-state index is 12.8. The number of carbonyl (C=O) groups is 2. The summed E-state index contributed by atoms with van der Waals surface area (Å²) < 4.78 is 36.8. The summed E-state index contributed by atoms with van der Waals surface area (Å²) in [5.41, 5.74) is 1.55. The Balaban J connectivity index is 1.66. The number of amides is 1. The van der Waals surface area contributed by atoms with Crippen molar-refractivity contribution >= 4 is 27.6 Å². The Hall–Kier alpha value is -2.72. The zero-order valence-electron chi connectivity index (χ0n) is 16.3. The first-order valence-electron chi connectivity index (χ1n) is 9.28. The van der Waals surface area contributed by atoms with Crippen LogP contribution in [0.4, 0.5) is 5.69 Å². The number of benzene rings is 1. The van der Waals surface area contributed by atoms with Crippen molar-refractivity contribution in [1.29, 1.82) is 0 Å². The smallest absolute Gasteiger partial charge is 0.377 e. The summed E-state index contributed by atoms with van der Waals surface area (Å²) in [6.45, 7) is 3.85. The topological polar surface area (TPSA) is 119 Å². The van der Waals surface area contributed by atoms with Crippen molar-refractivity contribution in [3.8, 4) is 0 Å². The molecule has 29 heavy (non-hydrogen) atoms. The van der Waals surface area contributed by atoms with Gasteiger partial charge in [-0.2, -0.15) is 4.31 Å². The molecule has 1 aromatic heterocycles. The first kappa shape index (κ1) is 21.0. The molecule has 1 aromatic carbocycles. The van der Waals surface area contributed by atoms with E-state index in [2.05, 4.69) is 10.5 Å². The third-order valence-electron chi connectivity index (χ3n) is 4.60. The molecule has 156 valence electrons. The standard InChI is InChI=1S/C19H23N3O6S/c1-13-6-7-15(29(25,26)22-8-4-3-5-9-22)11-16(13)20-18(23)12-27-19(24)17-10-14(2)21-28-17/h6-7,10-11H,3-5,8-9,12H2,1-2H3,(H,20,23). The number of carbonyl (C=O) groups excluding carboxylic acids is 2. The molecule has 0 radical (unpaired) electrons. The van der Waals surface area contributed by atoms with Gasteiger partial charge < -0.3 is 14.6 Å². The summed E-state index contributed by atoms with van der Waals surface area (Å²) in [4.78, 5) is 24.1. The second kappa shape index (κ2) is 8.75. The highest BCUT2D eigenvalue weighted by Gasteiger charge is 2.26. The van der Waals surface area contributed by atoms with E-state index in [9.17, 15) is 18.0 Å². The molecule has 9 nitrogen and oxygen atoms in total. The van der Waals surface area contributed by atoms with Gasteiger partial charge in [-0.25, -0.2) is 13.2 Å². The second-order valence-electron chi connectivity index (χ2n) is 6.90. The van der Waals surface area contributed by atoms with E-state index in [0.29, 0.717) is 30.0 Å². The molecule has 1 aliphatic heterocycles. The van der Waals surface area contributed by atoms with E-state index in [-0.39, 0.29) is 10.7 Å². The highest BCUT2D eigenvalue weighted by molar-refractivity contribution is 7.89. The van der Waals surface area contributed by atoms with Crippen molar-refractivity contribution in [3.63, 3.8) is 0 Å². The van der Waals surface area contributed by atoms with Crippen molar-refractivity contribution < 1.29 is 27.3 Å². The Kier molecular flexibility index (Phi) is 6.33. The Morgan fingerprint density at radius 2 is 1.90 bits per heavy atom. The lowest BCUT2D eigenvalue weighted by Crippen LogP contribution is -2.35. The zero-order chi connectivity index (χ0) is 21.0. The van der Waals surface area contributed by atoms with Gasteiger partial charge in [-0.3, -0.25) is 4.79 Å². The highest BCUT2D eigenvalue weighted by atomic mass is 32.2. The summed E-state index contributed by atoms with van der Waals surface area (Å²) in [6, 6.07) is 6.00. The van der Waals surface area contributed by atoms with Gasteiger partial charge in [-0.15, -0.1) is 0 Å². The Morgan fingerprint density at radius 3 is 2.55 bits per heavy atom. The van der Waals surface area contributed by atoms with Gasteiger partial charge in [0.25, 0.3) is 5.91 Å². The number of esters is 1. The normalized spacial score (nSPS) is 15.1. The van der Waals surface area contributed by atoms with E-state index in [0.717, 1.165) is 19.3 Å².